The molecule has 0 saturated carbocycles. The highest BCUT2D eigenvalue weighted by molar-refractivity contribution is 7.87. The molecule has 1 heterocycles. The van der Waals surface area contributed by atoms with E-state index in [1.54, 1.807) is 7.05 Å². The summed E-state index contributed by atoms with van der Waals surface area (Å²) in [5.74, 6) is 0. The summed E-state index contributed by atoms with van der Waals surface area (Å²) >= 11 is 0. The van der Waals surface area contributed by atoms with Gasteiger partial charge in [0.15, 0.2) is 0 Å². The van der Waals surface area contributed by atoms with E-state index >= 15 is 0 Å². The number of hydrogen-bond donors (Lipinski definition) is 2. The lowest BCUT2D eigenvalue weighted by Crippen LogP contribution is -2.38. The molecule has 1 aliphatic rings. The van der Waals surface area contributed by atoms with Gasteiger partial charge in [-0.05, 0) is 24.9 Å². The molecule has 0 amide bonds. The Morgan fingerprint density at radius 3 is 2.71 bits per heavy atom. The fourth-order valence-corrected chi connectivity index (χ4v) is 3.17. The van der Waals surface area contributed by atoms with E-state index in [0.29, 0.717) is 13.1 Å². The van der Waals surface area contributed by atoms with Crippen LogP contribution in [0, 0.1) is 0 Å². The molecule has 0 aromatic heterocycles. The maximum Gasteiger partial charge on any atom is 0.279 e. The Balaban J connectivity index is 1.81. The quantitative estimate of drug-likeness (QED) is 0.746. The fourth-order valence-electron chi connectivity index (χ4n) is 2.27. The lowest BCUT2D eigenvalue weighted by molar-refractivity contribution is 0.455. The highest BCUT2D eigenvalue weighted by Gasteiger charge is 2.17. The molecule has 2 N–H and O–H groups in total. The van der Waals surface area contributed by atoms with Crippen molar-refractivity contribution in [3.63, 3.8) is 0 Å². The van der Waals surface area contributed by atoms with Gasteiger partial charge in [0.25, 0.3) is 10.2 Å². The fraction of sp³-hybridized carbons (Fsp3) is 0.467. The maximum atomic E-state index is 12.2. The van der Waals surface area contributed by atoms with Crippen molar-refractivity contribution < 1.29 is 8.42 Å². The lowest BCUT2D eigenvalue weighted by atomic mass is 10.1. The lowest BCUT2D eigenvalue weighted by Gasteiger charge is -2.19. The van der Waals surface area contributed by atoms with Gasteiger partial charge >= 0.3 is 0 Å². The van der Waals surface area contributed by atoms with E-state index in [1.807, 2.05) is 30.3 Å². The second-order valence-corrected chi connectivity index (χ2v) is 7.07. The summed E-state index contributed by atoms with van der Waals surface area (Å²) in [6, 6.07) is 9.58. The monoisotopic (exact) mass is 309 g/mol. The molecule has 5 nitrogen and oxygen atoms in total. The van der Waals surface area contributed by atoms with Crippen LogP contribution in [-0.4, -0.2) is 39.4 Å². The number of nitrogens with one attached hydrogen (secondary N) is 2. The van der Waals surface area contributed by atoms with Gasteiger partial charge in [-0.1, -0.05) is 42.0 Å². The second-order valence-electron chi connectivity index (χ2n) is 5.21. The van der Waals surface area contributed by atoms with E-state index in [4.69, 9.17) is 0 Å². The van der Waals surface area contributed by atoms with Gasteiger partial charge in [-0.25, -0.2) is 4.72 Å². The zero-order valence-corrected chi connectivity index (χ0v) is 13.2. The van der Waals surface area contributed by atoms with Crippen molar-refractivity contribution in [3.05, 3.63) is 47.5 Å². The summed E-state index contributed by atoms with van der Waals surface area (Å²) in [6.45, 7) is 2.69. The Kier molecular flexibility index (Phi) is 5.93. The minimum absolute atomic E-state index is 0.378. The SMILES string of the molecule is CN(Cc1ccccc1)S(=O)(=O)NCCC1=CCNCC1. The number of nitrogens with zero attached hydrogens (tertiary/aromatic N) is 1. The van der Waals surface area contributed by atoms with Crippen LogP contribution in [0.4, 0.5) is 0 Å². The van der Waals surface area contributed by atoms with Crippen LogP contribution in [0.5, 0.6) is 0 Å². The van der Waals surface area contributed by atoms with Crippen molar-refractivity contribution in [1.29, 1.82) is 0 Å². The Morgan fingerprint density at radius 1 is 1.29 bits per heavy atom. The largest absolute Gasteiger partial charge is 0.313 e. The molecule has 0 atom stereocenters. The minimum atomic E-state index is -3.42. The molecule has 0 unspecified atom stereocenters. The Labute approximate surface area is 127 Å². The van der Waals surface area contributed by atoms with Crippen LogP contribution < -0.4 is 10.0 Å². The van der Waals surface area contributed by atoms with Crippen LogP contribution in [0.25, 0.3) is 0 Å². The third kappa shape index (κ3) is 5.24. The normalized spacial score (nSPS) is 16.0. The predicted octanol–water partition coefficient (Wildman–Crippen LogP) is 1.26. The third-order valence-corrected chi connectivity index (χ3v) is 5.07. The van der Waals surface area contributed by atoms with Crippen molar-refractivity contribution in [2.24, 2.45) is 0 Å². The van der Waals surface area contributed by atoms with E-state index in [0.717, 1.165) is 31.5 Å². The van der Waals surface area contributed by atoms with Crippen LogP contribution in [-0.2, 0) is 16.8 Å². The van der Waals surface area contributed by atoms with Crippen molar-refractivity contribution >= 4 is 10.2 Å². The summed E-state index contributed by atoms with van der Waals surface area (Å²) in [5.41, 5.74) is 2.30. The highest BCUT2D eigenvalue weighted by atomic mass is 32.2. The molecule has 1 aliphatic heterocycles. The van der Waals surface area contributed by atoms with E-state index in [-0.39, 0.29) is 0 Å². The number of rotatable bonds is 7. The number of hydrogen-bond acceptors (Lipinski definition) is 3. The first-order valence-electron chi connectivity index (χ1n) is 7.21. The summed E-state index contributed by atoms with van der Waals surface area (Å²) in [4.78, 5) is 0. The first-order chi connectivity index (χ1) is 10.1. The van der Waals surface area contributed by atoms with Crippen molar-refractivity contribution in [3.8, 4) is 0 Å². The Bertz CT molecular complexity index is 570. The zero-order chi connectivity index (χ0) is 15.1. The summed E-state index contributed by atoms with van der Waals surface area (Å²) in [5, 5.41) is 3.24. The van der Waals surface area contributed by atoms with Gasteiger partial charge in [0.1, 0.15) is 0 Å². The van der Waals surface area contributed by atoms with Gasteiger partial charge in [-0.3, -0.25) is 0 Å². The van der Waals surface area contributed by atoms with Crippen molar-refractivity contribution in [1.82, 2.24) is 14.3 Å². The molecule has 21 heavy (non-hydrogen) atoms. The van der Waals surface area contributed by atoms with Gasteiger partial charge in [-0.15, -0.1) is 0 Å². The highest BCUT2D eigenvalue weighted by Crippen LogP contribution is 2.09. The molecule has 0 fully saturated rings. The molecule has 0 spiro atoms. The van der Waals surface area contributed by atoms with Gasteiger partial charge in [-0.2, -0.15) is 12.7 Å². The average molecular weight is 309 g/mol. The van der Waals surface area contributed by atoms with Gasteiger partial charge in [0.2, 0.25) is 0 Å². The van der Waals surface area contributed by atoms with Crippen molar-refractivity contribution in [2.75, 3.05) is 26.7 Å². The molecule has 1 aromatic rings. The topological polar surface area (TPSA) is 61.4 Å². The van der Waals surface area contributed by atoms with E-state index < -0.39 is 10.2 Å². The zero-order valence-electron chi connectivity index (χ0n) is 12.4. The molecule has 2 rings (SSSR count). The first-order valence-corrected chi connectivity index (χ1v) is 8.65. The third-order valence-electron chi connectivity index (χ3n) is 3.55. The number of benzene rings is 1. The van der Waals surface area contributed by atoms with Crippen LogP contribution in [0.2, 0.25) is 0 Å². The molecule has 0 saturated heterocycles. The van der Waals surface area contributed by atoms with Gasteiger partial charge in [0, 0.05) is 26.7 Å². The molecule has 6 heteroatoms. The van der Waals surface area contributed by atoms with Crippen LogP contribution in [0.15, 0.2) is 42.0 Å². The molecular formula is C15H23N3O2S. The maximum absolute atomic E-state index is 12.2. The van der Waals surface area contributed by atoms with Crippen LogP contribution >= 0.6 is 0 Å². The smallest absolute Gasteiger partial charge is 0.279 e. The molecule has 116 valence electrons. The van der Waals surface area contributed by atoms with Crippen molar-refractivity contribution in [2.45, 2.75) is 19.4 Å². The molecule has 1 aromatic carbocycles. The Morgan fingerprint density at radius 2 is 2.05 bits per heavy atom. The minimum Gasteiger partial charge on any atom is -0.313 e. The van der Waals surface area contributed by atoms with Crippen LogP contribution in [0.3, 0.4) is 0 Å². The second kappa shape index (κ2) is 7.70. The van der Waals surface area contributed by atoms with E-state index in [9.17, 15) is 8.42 Å². The first kappa shape index (κ1) is 16.2. The molecular weight excluding hydrogens is 286 g/mol. The van der Waals surface area contributed by atoms with E-state index in [2.05, 4.69) is 16.1 Å². The average Bonchev–Trinajstić information content (AvgIpc) is 2.49. The summed E-state index contributed by atoms with van der Waals surface area (Å²) in [7, 11) is -1.82. The predicted molar refractivity (Wildman–Crippen MR) is 85.0 cm³/mol. The standard InChI is InChI=1S/C15H23N3O2S/c1-18(13-15-5-3-2-4-6-15)21(19,20)17-12-9-14-7-10-16-11-8-14/h2-7,16-17H,8-13H2,1H3. The summed E-state index contributed by atoms with van der Waals surface area (Å²) in [6.07, 6.45) is 3.92. The molecule has 0 bridgehead atoms. The van der Waals surface area contributed by atoms with Crippen LogP contribution in [0.1, 0.15) is 18.4 Å². The van der Waals surface area contributed by atoms with E-state index in [1.165, 1.54) is 9.88 Å². The molecule has 0 radical (unpaired) electrons. The Hall–Kier alpha value is -1.21. The van der Waals surface area contributed by atoms with Gasteiger partial charge < -0.3 is 5.32 Å². The summed E-state index contributed by atoms with van der Waals surface area (Å²) < 4.78 is 28.3. The van der Waals surface area contributed by atoms with Gasteiger partial charge in [0.05, 0.1) is 0 Å². The molecule has 0 aliphatic carbocycles.